The Morgan fingerprint density at radius 1 is 1.00 bits per heavy atom. The molecule has 0 aromatic heterocycles. The minimum absolute atomic E-state index is 0.0515. The predicted octanol–water partition coefficient (Wildman–Crippen LogP) is 4.59. The highest BCUT2D eigenvalue weighted by Gasteiger charge is 2.16. The summed E-state index contributed by atoms with van der Waals surface area (Å²) < 4.78 is 40.5. The first-order valence-corrected chi connectivity index (χ1v) is 5.95. The molecule has 0 aliphatic heterocycles. The molecule has 2 rings (SSSR count). The highest BCUT2D eigenvalue weighted by atomic mass is 19.1. The van der Waals surface area contributed by atoms with Crippen molar-refractivity contribution < 1.29 is 13.2 Å². The lowest BCUT2D eigenvalue weighted by Gasteiger charge is -2.17. The second-order valence-corrected chi connectivity index (χ2v) is 4.52. The number of halogens is 3. The summed E-state index contributed by atoms with van der Waals surface area (Å²) in [4.78, 5) is 0. The van der Waals surface area contributed by atoms with Gasteiger partial charge in [0, 0.05) is 11.3 Å². The molecule has 0 saturated carbocycles. The second-order valence-electron chi connectivity index (χ2n) is 4.52. The lowest BCUT2D eigenvalue weighted by molar-refractivity contribution is 0.544. The van der Waals surface area contributed by atoms with Crippen LogP contribution in [-0.2, 0) is 0 Å². The molecule has 2 aromatic carbocycles. The summed E-state index contributed by atoms with van der Waals surface area (Å²) in [5.74, 6) is -1.62. The van der Waals surface area contributed by atoms with Crippen LogP contribution < -0.4 is 5.32 Å². The van der Waals surface area contributed by atoms with Gasteiger partial charge in [-0.2, -0.15) is 0 Å². The molecule has 1 atom stereocenters. The summed E-state index contributed by atoms with van der Waals surface area (Å²) in [5, 5.41) is 2.90. The van der Waals surface area contributed by atoms with Crippen molar-refractivity contribution in [2.75, 3.05) is 5.32 Å². The van der Waals surface area contributed by atoms with E-state index in [-0.39, 0.29) is 11.4 Å². The molecule has 0 saturated heterocycles. The molecule has 0 aliphatic rings. The number of hydrogen-bond donors (Lipinski definition) is 1. The van der Waals surface area contributed by atoms with Crippen molar-refractivity contribution in [3.05, 3.63) is 65.0 Å². The number of benzene rings is 2. The monoisotopic (exact) mass is 265 g/mol. The van der Waals surface area contributed by atoms with Crippen LogP contribution in [0.5, 0.6) is 0 Å². The first kappa shape index (κ1) is 13.5. The molecule has 0 bridgehead atoms. The highest BCUT2D eigenvalue weighted by molar-refractivity contribution is 5.48. The minimum atomic E-state index is -0.617. The van der Waals surface area contributed by atoms with Crippen LogP contribution in [0, 0.1) is 24.4 Å². The molecule has 0 aliphatic carbocycles. The fourth-order valence-electron chi connectivity index (χ4n) is 2.07. The average Bonchev–Trinajstić information content (AvgIpc) is 2.26. The number of nitrogens with one attached hydrogen (secondary N) is 1. The number of hydrogen-bond acceptors (Lipinski definition) is 1. The van der Waals surface area contributed by atoms with E-state index < -0.39 is 17.7 Å². The van der Waals surface area contributed by atoms with E-state index in [2.05, 4.69) is 5.32 Å². The third-order valence-corrected chi connectivity index (χ3v) is 2.86. The summed E-state index contributed by atoms with van der Waals surface area (Å²) in [5.41, 5.74) is 1.18. The van der Waals surface area contributed by atoms with Gasteiger partial charge in [-0.3, -0.25) is 0 Å². The van der Waals surface area contributed by atoms with E-state index in [1.54, 1.807) is 19.9 Å². The van der Waals surface area contributed by atoms with Crippen molar-refractivity contribution in [2.45, 2.75) is 19.9 Å². The van der Waals surface area contributed by atoms with Gasteiger partial charge in [-0.15, -0.1) is 0 Å². The van der Waals surface area contributed by atoms with Crippen LogP contribution in [-0.4, -0.2) is 0 Å². The van der Waals surface area contributed by atoms with Gasteiger partial charge in [0.2, 0.25) is 0 Å². The van der Waals surface area contributed by atoms with Gasteiger partial charge >= 0.3 is 0 Å². The Hall–Kier alpha value is -1.97. The molecule has 0 heterocycles. The Labute approximate surface area is 110 Å². The lowest BCUT2D eigenvalue weighted by Crippen LogP contribution is -2.11. The Morgan fingerprint density at radius 2 is 1.63 bits per heavy atom. The highest BCUT2D eigenvalue weighted by Crippen LogP contribution is 2.25. The van der Waals surface area contributed by atoms with Gasteiger partial charge in [0.25, 0.3) is 0 Å². The van der Waals surface area contributed by atoms with Crippen molar-refractivity contribution >= 4 is 5.69 Å². The van der Waals surface area contributed by atoms with Gasteiger partial charge in [-0.1, -0.05) is 6.07 Å². The molecule has 19 heavy (non-hydrogen) atoms. The van der Waals surface area contributed by atoms with Gasteiger partial charge in [0.15, 0.2) is 0 Å². The van der Waals surface area contributed by atoms with Crippen LogP contribution in [0.1, 0.15) is 24.1 Å². The zero-order valence-corrected chi connectivity index (χ0v) is 10.7. The lowest BCUT2D eigenvalue weighted by atomic mass is 10.1. The molecule has 2 aromatic rings. The summed E-state index contributed by atoms with van der Waals surface area (Å²) in [6, 6.07) is 7.52. The van der Waals surface area contributed by atoms with Crippen molar-refractivity contribution in [1.82, 2.24) is 0 Å². The molecule has 1 nitrogen and oxygen atoms in total. The molecule has 0 spiro atoms. The summed E-state index contributed by atoms with van der Waals surface area (Å²) in [6.07, 6.45) is 0. The Bertz CT molecular complexity index is 555. The molecule has 100 valence electrons. The Balaban J connectivity index is 2.28. The van der Waals surface area contributed by atoms with E-state index in [9.17, 15) is 13.2 Å². The second kappa shape index (κ2) is 5.34. The largest absolute Gasteiger partial charge is 0.378 e. The van der Waals surface area contributed by atoms with E-state index in [4.69, 9.17) is 0 Å². The van der Waals surface area contributed by atoms with Crippen molar-refractivity contribution in [3.8, 4) is 0 Å². The van der Waals surface area contributed by atoms with Crippen LogP contribution in [0.4, 0.5) is 18.9 Å². The van der Waals surface area contributed by atoms with Crippen molar-refractivity contribution in [1.29, 1.82) is 0 Å². The van der Waals surface area contributed by atoms with Crippen LogP contribution in [0.25, 0.3) is 0 Å². The molecular weight excluding hydrogens is 251 g/mol. The van der Waals surface area contributed by atoms with E-state index in [1.165, 1.54) is 30.3 Å². The fourth-order valence-corrected chi connectivity index (χ4v) is 2.07. The zero-order chi connectivity index (χ0) is 14.0. The van der Waals surface area contributed by atoms with Gasteiger partial charge in [-0.05, 0) is 49.7 Å². The van der Waals surface area contributed by atoms with E-state index in [0.717, 1.165) is 5.56 Å². The normalized spacial score (nSPS) is 12.3. The Kier molecular flexibility index (Phi) is 3.79. The molecule has 1 N–H and O–H groups in total. The molecule has 4 heteroatoms. The van der Waals surface area contributed by atoms with Crippen molar-refractivity contribution in [3.63, 3.8) is 0 Å². The summed E-state index contributed by atoms with van der Waals surface area (Å²) in [6.45, 7) is 3.38. The maximum Gasteiger partial charge on any atom is 0.131 e. The maximum absolute atomic E-state index is 13.6. The van der Waals surface area contributed by atoms with Gasteiger partial charge in [-0.25, -0.2) is 13.2 Å². The maximum atomic E-state index is 13.6. The SMILES string of the molecule is Cc1cc(F)cc(NC(C)c2c(F)cccc2F)c1. The number of anilines is 1. The third-order valence-electron chi connectivity index (χ3n) is 2.86. The third kappa shape index (κ3) is 3.08. The molecule has 1 unspecified atom stereocenters. The summed E-state index contributed by atoms with van der Waals surface area (Å²) in [7, 11) is 0. The molecular formula is C15H14F3N. The number of rotatable bonds is 3. The average molecular weight is 265 g/mol. The van der Waals surface area contributed by atoms with Crippen LogP contribution in [0.3, 0.4) is 0 Å². The predicted molar refractivity (Wildman–Crippen MR) is 69.5 cm³/mol. The first-order valence-electron chi connectivity index (χ1n) is 5.95. The van der Waals surface area contributed by atoms with E-state index in [0.29, 0.717) is 5.69 Å². The Morgan fingerprint density at radius 3 is 2.21 bits per heavy atom. The van der Waals surface area contributed by atoms with Crippen molar-refractivity contribution in [2.24, 2.45) is 0 Å². The molecule has 0 amide bonds. The number of aryl methyl sites for hydroxylation is 1. The van der Waals surface area contributed by atoms with Gasteiger partial charge < -0.3 is 5.32 Å². The van der Waals surface area contributed by atoms with Crippen LogP contribution in [0.15, 0.2) is 36.4 Å². The van der Waals surface area contributed by atoms with E-state index in [1.807, 2.05) is 0 Å². The zero-order valence-electron chi connectivity index (χ0n) is 10.7. The van der Waals surface area contributed by atoms with Gasteiger partial charge in [0.05, 0.1) is 6.04 Å². The van der Waals surface area contributed by atoms with E-state index >= 15 is 0 Å². The first-order chi connectivity index (χ1) is 8.97. The smallest absolute Gasteiger partial charge is 0.131 e. The molecule has 0 fully saturated rings. The minimum Gasteiger partial charge on any atom is -0.378 e. The van der Waals surface area contributed by atoms with Crippen LogP contribution in [0.2, 0.25) is 0 Å². The fraction of sp³-hybridized carbons (Fsp3) is 0.200. The van der Waals surface area contributed by atoms with Gasteiger partial charge in [0.1, 0.15) is 17.5 Å². The van der Waals surface area contributed by atoms with Crippen LogP contribution >= 0.6 is 0 Å². The standard InChI is InChI=1S/C15H14F3N/c1-9-6-11(16)8-12(7-9)19-10(2)15-13(17)4-3-5-14(15)18/h3-8,10,19H,1-2H3. The topological polar surface area (TPSA) is 12.0 Å². The summed E-state index contributed by atoms with van der Waals surface area (Å²) >= 11 is 0. The quantitative estimate of drug-likeness (QED) is 0.856. The molecule has 0 radical (unpaired) electrons.